The maximum atomic E-state index is 9.34. The van der Waals surface area contributed by atoms with Crippen LogP contribution >= 0.6 is 0 Å². The fourth-order valence-electron chi connectivity index (χ4n) is 2.53. The molecule has 2 aromatic rings. The Kier molecular flexibility index (Phi) is 3.12. The molecule has 92 valence electrons. The summed E-state index contributed by atoms with van der Waals surface area (Å²) in [6, 6.07) is 22.6. The van der Waals surface area contributed by atoms with Gasteiger partial charge in [0.1, 0.15) is 0 Å². The summed E-state index contributed by atoms with van der Waals surface area (Å²) in [6.45, 7) is 0. The first-order valence-electron chi connectivity index (χ1n) is 6.45. The minimum atomic E-state index is -0.0578. The van der Waals surface area contributed by atoms with E-state index in [9.17, 15) is 5.26 Å². The summed E-state index contributed by atoms with van der Waals surface area (Å²) < 4.78 is 0. The molecule has 0 aliphatic carbocycles. The molecule has 1 heterocycles. The highest BCUT2D eigenvalue weighted by atomic mass is 14.9. The molecule has 19 heavy (non-hydrogen) atoms. The zero-order valence-electron chi connectivity index (χ0n) is 10.5. The van der Waals surface area contributed by atoms with Crippen LogP contribution in [0.5, 0.6) is 0 Å². The monoisotopic (exact) mass is 246 g/mol. The average molecular weight is 246 g/mol. The van der Waals surface area contributed by atoms with Gasteiger partial charge in [-0.2, -0.15) is 5.26 Å². The van der Waals surface area contributed by atoms with E-state index in [-0.39, 0.29) is 12.0 Å². The van der Waals surface area contributed by atoms with Crippen LogP contribution in [0.15, 0.2) is 65.7 Å². The van der Waals surface area contributed by atoms with Crippen molar-refractivity contribution in [3.63, 3.8) is 0 Å². The van der Waals surface area contributed by atoms with Crippen LogP contribution in [-0.2, 0) is 0 Å². The largest absolute Gasteiger partial charge is 0.280 e. The molecule has 0 N–H and O–H groups in total. The summed E-state index contributed by atoms with van der Waals surface area (Å²) in [5, 5.41) is 9.34. The molecular weight excluding hydrogens is 232 g/mol. The fourth-order valence-corrected chi connectivity index (χ4v) is 2.53. The molecule has 0 saturated carbocycles. The van der Waals surface area contributed by atoms with Gasteiger partial charge in [-0.25, -0.2) is 0 Å². The van der Waals surface area contributed by atoms with E-state index < -0.39 is 0 Å². The van der Waals surface area contributed by atoms with Gasteiger partial charge in [-0.15, -0.1) is 0 Å². The quantitative estimate of drug-likeness (QED) is 0.794. The minimum Gasteiger partial charge on any atom is -0.280 e. The lowest BCUT2D eigenvalue weighted by Crippen LogP contribution is -2.04. The molecule has 2 atom stereocenters. The van der Waals surface area contributed by atoms with Crippen molar-refractivity contribution in [3.05, 3.63) is 71.8 Å². The van der Waals surface area contributed by atoms with Gasteiger partial charge in [-0.3, -0.25) is 4.99 Å². The molecule has 1 aliphatic rings. The Morgan fingerprint density at radius 3 is 2.21 bits per heavy atom. The Balaban J connectivity index is 1.96. The van der Waals surface area contributed by atoms with Gasteiger partial charge in [0.05, 0.1) is 18.0 Å². The van der Waals surface area contributed by atoms with E-state index in [0.717, 1.165) is 23.3 Å². The van der Waals surface area contributed by atoms with Gasteiger partial charge in [0.2, 0.25) is 0 Å². The van der Waals surface area contributed by atoms with E-state index in [1.54, 1.807) is 0 Å². The molecule has 3 rings (SSSR count). The number of nitriles is 1. The summed E-state index contributed by atoms with van der Waals surface area (Å²) in [5.41, 5.74) is 3.29. The normalized spacial score (nSPS) is 21.7. The maximum absolute atomic E-state index is 9.34. The summed E-state index contributed by atoms with van der Waals surface area (Å²) in [7, 11) is 0. The molecule has 1 aliphatic heterocycles. The van der Waals surface area contributed by atoms with Gasteiger partial charge in [0, 0.05) is 12.1 Å². The van der Waals surface area contributed by atoms with Crippen molar-refractivity contribution in [2.24, 2.45) is 10.9 Å². The van der Waals surface area contributed by atoms with Gasteiger partial charge in [-0.05, 0) is 11.1 Å². The summed E-state index contributed by atoms with van der Waals surface area (Å²) >= 11 is 0. The van der Waals surface area contributed by atoms with Gasteiger partial charge in [0.15, 0.2) is 0 Å². The Labute approximate surface area is 113 Å². The van der Waals surface area contributed by atoms with E-state index in [0.29, 0.717) is 0 Å². The molecule has 2 heteroatoms. The van der Waals surface area contributed by atoms with Crippen LogP contribution in [0.25, 0.3) is 0 Å². The number of hydrogen-bond donors (Lipinski definition) is 0. The lowest BCUT2D eigenvalue weighted by atomic mass is 9.93. The minimum absolute atomic E-state index is 0.0265. The van der Waals surface area contributed by atoms with Gasteiger partial charge >= 0.3 is 0 Å². The van der Waals surface area contributed by atoms with Gasteiger partial charge in [-0.1, -0.05) is 60.7 Å². The van der Waals surface area contributed by atoms with Crippen molar-refractivity contribution in [2.75, 3.05) is 0 Å². The summed E-state index contributed by atoms with van der Waals surface area (Å²) in [4.78, 5) is 4.77. The van der Waals surface area contributed by atoms with E-state index in [1.807, 2.05) is 48.5 Å². The summed E-state index contributed by atoms with van der Waals surface area (Å²) in [5.74, 6) is -0.0578. The Hall–Kier alpha value is -2.40. The molecule has 0 aromatic heterocycles. The molecule has 0 amide bonds. The molecular formula is C17H14N2. The zero-order valence-corrected chi connectivity index (χ0v) is 10.5. The Bertz CT molecular complexity index is 623. The predicted octanol–water partition coefficient (Wildman–Crippen LogP) is 3.76. The predicted molar refractivity (Wildman–Crippen MR) is 75.9 cm³/mol. The van der Waals surface area contributed by atoms with Crippen LogP contribution in [0.4, 0.5) is 0 Å². The number of rotatable bonds is 2. The van der Waals surface area contributed by atoms with Crippen molar-refractivity contribution in [1.29, 1.82) is 5.26 Å². The third kappa shape index (κ3) is 2.28. The van der Waals surface area contributed by atoms with Gasteiger partial charge < -0.3 is 0 Å². The SMILES string of the molecule is N#CC1CC(c2ccccc2)=NC1c1ccccc1. The molecule has 0 radical (unpaired) electrons. The van der Waals surface area contributed by atoms with E-state index in [1.165, 1.54) is 0 Å². The smallest absolute Gasteiger partial charge is 0.0914 e. The Morgan fingerprint density at radius 2 is 1.58 bits per heavy atom. The van der Waals surface area contributed by atoms with Crippen molar-refractivity contribution < 1.29 is 0 Å². The molecule has 2 unspecified atom stereocenters. The highest BCUT2D eigenvalue weighted by Gasteiger charge is 2.30. The van der Waals surface area contributed by atoms with Crippen LogP contribution in [-0.4, -0.2) is 5.71 Å². The lowest BCUT2D eigenvalue weighted by molar-refractivity contribution is 0.594. The van der Waals surface area contributed by atoms with Crippen molar-refractivity contribution in [1.82, 2.24) is 0 Å². The highest BCUT2D eigenvalue weighted by molar-refractivity contribution is 6.02. The van der Waals surface area contributed by atoms with Crippen LogP contribution in [0.3, 0.4) is 0 Å². The van der Waals surface area contributed by atoms with Crippen molar-refractivity contribution >= 4 is 5.71 Å². The molecule has 2 nitrogen and oxygen atoms in total. The van der Waals surface area contributed by atoms with E-state index >= 15 is 0 Å². The van der Waals surface area contributed by atoms with Crippen molar-refractivity contribution in [3.8, 4) is 6.07 Å². The standard InChI is InChI=1S/C17H14N2/c18-12-15-11-16(13-7-3-1-4-8-13)19-17(15)14-9-5-2-6-10-14/h1-10,15,17H,11H2. The second-order valence-corrected chi connectivity index (χ2v) is 4.74. The van der Waals surface area contributed by atoms with E-state index in [4.69, 9.17) is 4.99 Å². The number of aliphatic imine (C=N–C) groups is 1. The molecule has 0 bridgehead atoms. The van der Waals surface area contributed by atoms with Crippen LogP contribution < -0.4 is 0 Å². The fraction of sp³-hybridized carbons (Fsp3) is 0.176. The van der Waals surface area contributed by atoms with E-state index in [2.05, 4.69) is 18.2 Å². The molecule has 0 fully saturated rings. The number of nitrogens with zero attached hydrogens (tertiary/aromatic N) is 2. The third-order valence-corrected chi connectivity index (χ3v) is 3.50. The maximum Gasteiger partial charge on any atom is 0.0914 e. The molecule has 0 spiro atoms. The third-order valence-electron chi connectivity index (χ3n) is 3.50. The van der Waals surface area contributed by atoms with Crippen LogP contribution in [0.1, 0.15) is 23.6 Å². The first-order valence-corrected chi connectivity index (χ1v) is 6.45. The Morgan fingerprint density at radius 1 is 0.947 bits per heavy atom. The van der Waals surface area contributed by atoms with Crippen LogP contribution in [0, 0.1) is 17.2 Å². The van der Waals surface area contributed by atoms with Crippen molar-refractivity contribution in [2.45, 2.75) is 12.5 Å². The highest BCUT2D eigenvalue weighted by Crippen LogP contribution is 2.35. The topological polar surface area (TPSA) is 36.1 Å². The zero-order chi connectivity index (χ0) is 13.1. The molecule has 2 aromatic carbocycles. The summed E-state index contributed by atoms with van der Waals surface area (Å²) in [6.07, 6.45) is 0.736. The first kappa shape index (κ1) is 11.7. The molecule has 0 saturated heterocycles. The average Bonchev–Trinajstić information content (AvgIpc) is 2.93. The van der Waals surface area contributed by atoms with Gasteiger partial charge in [0.25, 0.3) is 0 Å². The lowest BCUT2D eigenvalue weighted by Gasteiger charge is -2.10. The van der Waals surface area contributed by atoms with Crippen LogP contribution in [0.2, 0.25) is 0 Å². The first-order chi connectivity index (χ1) is 9.38. The number of benzene rings is 2. The second kappa shape index (κ2) is 5.07. The number of hydrogen-bond acceptors (Lipinski definition) is 2. The second-order valence-electron chi connectivity index (χ2n) is 4.74.